The number of rotatable bonds is 6. The summed E-state index contributed by atoms with van der Waals surface area (Å²) in [6.45, 7) is 1.98. The average Bonchev–Trinajstić information content (AvgIpc) is 2.29. The predicted octanol–water partition coefficient (Wildman–Crippen LogP) is 0.633. The second kappa shape index (κ2) is 6.37. The minimum Gasteiger partial charge on any atom is -0.399 e. The first-order chi connectivity index (χ1) is 8.43. The van der Waals surface area contributed by atoms with Crippen LogP contribution >= 0.6 is 0 Å². The van der Waals surface area contributed by atoms with Crippen LogP contribution in [-0.2, 0) is 4.79 Å². The zero-order valence-electron chi connectivity index (χ0n) is 11.1. The molecule has 1 rings (SSSR count). The van der Waals surface area contributed by atoms with Gasteiger partial charge in [-0.25, -0.2) is 0 Å². The van der Waals surface area contributed by atoms with Crippen LogP contribution in [0.3, 0.4) is 0 Å². The van der Waals surface area contributed by atoms with E-state index in [1.54, 1.807) is 24.3 Å². The molecule has 1 aromatic rings. The number of nitrogens with two attached hydrogens (primary N) is 2. The van der Waals surface area contributed by atoms with Crippen molar-refractivity contribution in [3.8, 4) is 0 Å². The van der Waals surface area contributed by atoms with Crippen LogP contribution in [0.15, 0.2) is 24.3 Å². The van der Waals surface area contributed by atoms with Gasteiger partial charge in [0.05, 0.1) is 20.6 Å². The van der Waals surface area contributed by atoms with E-state index in [-0.39, 0.29) is 5.91 Å². The third kappa shape index (κ3) is 5.16. The Hall–Kier alpha value is -1.59. The molecule has 0 heterocycles. The van der Waals surface area contributed by atoms with Crippen molar-refractivity contribution in [2.75, 3.05) is 44.8 Å². The molecule has 100 valence electrons. The largest absolute Gasteiger partial charge is 0.399 e. The van der Waals surface area contributed by atoms with Crippen molar-refractivity contribution in [2.45, 2.75) is 6.42 Å². The Labute approximate surface area is 108 Å². The topological polar surface area (TPSA) is 81.1 Å². The second-order valence-corrected chi connectivity index (χ2v) is 5.13. The van der Waals surface area contributed by atoms with Crippen LogP contribution in [0.25, 0.3) is 0 Å². The van der Waals surface area contributed by atoms with Gasteiger partial charge in [0, 0.05) is 17.8 Å². The van der Waals surface area contributed by atoms with E-state index in [0.29, 0.717) is 23.3 Å². The minimum absolute atomic E-state index is 0.00166. The third-order valence-corrected chi connectivity index (χ3v) is 2.73. The highest BCUT2D eigenvalue weighted by molar-refractivity contribution is 5.91. The maximum Gasteiger partial charge on any atom is 0.279 e. The highest BCUT2D eigenvalue weighted by atomic mass is 16.2. The van der Waals surface area contributed by atoms with E-state index in [9.17, 15) is 4.79 Å². The Bertz CT molecular complexity index is 386. The van der Waals surface area contributed by atoms with Gasteiger partial charge in [0.2, 0.25) is 0 Å². The Morgan fingerprint density at radius 1 is 1.28 bits per heavy atom. The van der Waals surface area contributed by atoms with E-state index in [0.717, 1.165) is 18.7 Å². The van der Waals surface area contributed by atoms with Gasteiger partial charge in [-0.3, -0.25) is 4.79 Å². The lowest BCUT2D eigenvalue weighted by molar-refractivity contribution is -0.882. The second-order valence-electron chi connectivity index (χ2n) is 5.13. The molecule has 0 radical (unpaired) electrons. The van der Waals surface area contributed by atoms with Gasteiger partial charge in [-0.05, 0) is 30.8 Å². The molecule has 0 aliphatic rings. The summed E-state index contributed by atoms with van der Waals surface area (Å²) in [5.74, 6) is 0.00166. The van der Waals surface area contributed by atoms with E-state index in [1.165, 1.54) is 0 Å². The summed E-state index contributed by atoms with van der Waals surface area (Å²) in [7, 11) is 4.05. The van der Waals surface area contributed by atoms with E-state index < -0.39 is 0 Å². The number of nitrogen functional groups attached to an aromatic ring is 1. The fourth-order valence-electron chi connectivity index (χ4n) is 1.75. The number of nitrogens with one attached hydrogen (secondary N) is 1. The SMILES string of the molecule is C[N+](C)(CCCN)CC(=O)Nc1ccc(N)cc1. The van der Waals surface area contributed by atoms with Crippen LogP contribution in [0, 0.1) is 0 Å². The van der Waals surface area contributed by atoms with Crippen molar-refractivity contribution in [2.24, 2.45) is 5.73 Å². The van der Waals surface area contributed by atoms with Crippen molar-refractivity contribution in [1.82, 2.24) is 0 Å². The fraction of sp³-hybridized carbons (Fsp3) is 0.462. The van der Waals surface area contributed by atoms with Crippen molar-refractivity contribution in [3.63, 3.8) is 0 Å². The summed E-state index contributed by atoms with van der Waals surface area (Å²) in [4.78, 5) is 11.9. The summed E-state index contributed by atoms with van der Waals surface area (Å²) in [6, 6.07) is 7.13. The number of carbonyl (C=O) groups excluding carboxylic acids is 1. The monoisotopic (exact) mass is 251 g/mol. The number of quaternary nitrogens is 1. The predicted molar refractivity (Wildman–Crippen MR) is 75.0 cm³/mol. The molecule has 5 N–H and O–H groups in total. The summed E-state index contributed by atoms with van der Waals surface area (Å²) in [5, 5.41) is 2.86. The molecule has 1 aromatic carbocycles. The Morgan fingerprint density at radius 3 is 2.44 bits per heavy atom. The number of carbonyl (C=O) groups is 1. The number of anilines is 2. The van der Waals surface area contributed by atoms with Gasteiger partial charge >= 0.3 is 0 Å². The molecule has 0 aliphatic heterocycles. The highest BCUT2D eigenvalue weighted by Gasteiger charge is 2.19. The quantitative estimate of drug-likeness (QED) is 0.512. The van der Waals surface area contributed by atoms with E-state index >= 15 is 0 Å². The van der Waals surface area contributed by atoms with Crippen LogP contribution < -0.4 is 16.8 Å². The molecule has 5 nitrogen and oxygen atoms in total. The number of nitrogens with zero attached hydrogens (tertiary/aromatic N) is 1. The van der Waals surface area contributed by atoms with Crippen molar-refractivity contribution in [1.29, 1.82) is 0 Å². The van der Waals surface area contributed by atoms with Crippen LogP contribution in [0.5, 0.6) is 0 Å². The normalized spacial score (nSPS) is 11.3. The smallest absolute Gasteiger partial charge is 0.279 e. The van der Waals surface area contributed by atoms with Crippen molar-refractivity contribution < 1.29 is 9.28 Å². The lowest BCUT2D eigenvalue weighted by atomic mass is 10.3. The van der Waals surface area contributed by atoms with Crippen LogP contribution in [-0.4, -0.2) is 44.1 Å². The van der Waals surface area contributed by atoms with Gasteiger partial charge in [0.25, 0.3) is 5.91 Å². The molecular weight excluding hydrogens is 228 g/mol. The van der Waals surface area contributed by atoms with Gasteiger partial charge in [0.1, 0.15) is 0 Å². The lowest BCUT2D eigenvalue weighted by Gasteiger charge is -2.28. The van der Waals surface area contributed by atoms with E-state index in [1.807, 2.05) is 14.1 Å². The minimum atomic E-state index is 0.00166. The van der Waals surface area contributed by atoms with Gasteiger partial charge in [0.15, 0.2) is 6.54 Å². The molecule has 0 aromatic heterocycles. The average molecular weight is 251 g/mol. The number of hydrogen-bond donors (Lipinski definition) is 3. The van der Waals surface area contributed by atoms with E-state index in [2.05, 4.69) is 5.32 Å². The van der Waals surface area contributed by atoms with Gasteiger partial charge in [-0.15, -0.1) is 0 Å². The molecule has 0 unspecified atom stereocenters. The zero-order chi connectivity index (χ0) is 13.6. The molecule has 18 heavy (non-hydrogen) atoms. The molecular formula is C13H23N4O+. The molecule has 0 saturated heterocycles. The third-order valence-electron chi connectivity index (χ3n) is 2.73. The first kappa shape index (κ1) is 14.5. The number of benzene rings is 1. The number of amides is 1. The highest BCUT2D eigenvalue weighted by Crippen LogP contribution is 2.10. The molecule has 5 heteroatoms. The maximum absolute atomic E-state index is 11.9. The van der Waals surface area contributed by atoms with E-state index in [4.69, 9.17) is 11.5 Å². The maximum atomic E-state index is 11.9. The summed E-state index contributed by atoms with van der Waals surface area (Å²) in [5.41, 5.74) is 12.5. The Morgan fingerprint density at radius 2 is 1.89 bits per heavy atom. The molecule has 0 spiro atoms. The van der Waals surface area contributed by atoms with Crippen molar-refractivity contribution in [3.05, 3.63) is 24.3 Å². The van der Waals surface area contributed by atoms with Gasteiger partial charge in [-0.1, -0.05) is 0 Å². The fourth-order valence-corrected chi connectivity index (χ4v) is 1.75. The summed E-state index contributed by atoms with van der Waals surface area (Å²) >= 11 is 0. The molecule has 0 fully saturated rings. The molecule has 0 bridgehead atoms. The van der Waals surface area contributed by atoms with Crippen LogP contribution in [0.4, 0.5) is 11.4 Å². The first-order valence-corrected chi connectivity index (χ1v) is 6.10. The molecule has 0 saturated carbocycles. The lowest BCUT2D eigenvalue weighted by Crippen LogP contribution is -2.46. The first-order valence-electron chi connectivity index (χ1n) is 6.10. The number of hydrogen-bond acceptors (Lipinski definition) is 3. The van der Waals surface area contributed by atoms with Gasteiger partial charge < -0.3 is 21.3 Å². The zero-order valence-corrected chi connectivity index (χ0v) is 11.1. The number of likely N-dealkylation sites (N-methyl/N-ethyl adjacent to an activating group) is 1. The van der Waals surface area contributed by atoms with Crippen molar-refractivity contribution >= 4 is 17.3 Å². The molecule has 0 atom stereocenters. The molecule has 0 aliphatic carbocycles. The standard InChI is InChI=1S/C13H22N4O/c1-17(2,9-3-8-14)10-13(18)16-12-6-4-11(15)5-7-12/h4-7H,3,8-10,14-15H2,1-2H3/p+1. The molecule has 1 amide bonds. The Balaban J connectivity index is 2.48. The van der Waals surface area contributed by atoms with Gasteiger partial charge in [-0.2, -0.15) is 0 Å². The van der Waals surface area contributed by atoms with Crippen LogP contribution in [0.1, 0.15) is 6.42 Å². The van der Waals surface area contributed by atoms with Crippen LogP contribution in [0.2, 0.25) is 0 Å². The Kier molecular flexibility index (Phi) is 5.12. The summed E-state index contributed by atoms with van der Waals surface area (Å²) in [6.07, 6.45) is 0.919. The summed E-state index contributed by atoms with van der Waals surface area (Å²) < 4.78 is 0.637.